The number of aliphatic hydroxyl groups is 1. The number of esters is 1. The lowest BCUT2D eigenvalue weighted by molar-refractivity contribution is -0.156. The van der Waals surface area contributed by atoms with E-state index in [1.165, 1.54) is 0 Å². The van der Waals surface area contributed by atoms with Gasteiger partial charge in [0, 0.05) is 11.8 Å². The van der Waals surface area contributed by atoms with Crippen molar-refractivity contribution in [3.63, 3.8) is 0 Å². The molecule has 0 saturated heterocycles. The first-order chi connectivity index (χ1) is 8.16. The Hall–Kier alpha value is -1.14. The predicted octanol–water partition coefficient (Wildman–Crippen LogP) is 0.373. The lowest BCUT2D eigenvalue weighted by Gasteiger charge is -2.25. The molecule has 18 heavy (non-hydrogen) atoms. The highest BCUT2D eigenvalue weighted by atomic mass is 16.5. The van der Waals surface area contributed by atoms with Gasteiger partial charge in [-0.25, -0.2) is 0 Å². The van der Waals surface area contributed by atoms with Crippen molar-refractivity contribution >= 4 is 11.9 Å². The van der Waals surface area contributed by atoms with Crippen LogP contribution in [0.15, 0.2) is 0 Å². The number of nitrogens with two attached hydrogens (primary N) is 1. The Kier molecular flexibility index (Phi) is 6.86. The second-order valence-electron chi connectivity index (χ2n) is 4.84. The molecule has 0 fully saturated rings. The number of ether oxygens (including phenoxy) is 1. The summed E-state index contributed by atoms with van der Waals surface area (Å²) >= 11 is 0. The molecule has 0 aliphatic heterocycles. The number of carbonyl (C=O) groups is 2. The van der Waals surface area contributed by atoms with E-state index in [2.05, 4.69) is 0 Å². The van der Waals surface area contributed by atoms with Gasteiger partial charge >= 0.3 is 11.9 Å². The van der Waals surface area contributed by atoms with Gasteiger partial charge in [-0.15, -0.1) is 0 Å². The van der Waals surface area contributed by atoms with Crippen molar-refractivity contribution < 1.29 is 24.5 Å². The van der Waals surface area contributed by atoms with Crippen LogP contribution in [-0.4, -0.2) is 40.4 Å². The number of carbonyl (C=O) groups excluding carboxylic acids is 1. The van der Waals surface area contributed by atoms with Gasteiger partial charge in [0.25, 0.3) is 0 Å². The molecule has 0 aliphatic carbocycles. The van der Waals surface area contributed by atoms with E-state index in [0.29, 0.717) is 0 Å². The number of rotatable bonds is 7. The first-order valence-electron chi connectivity index (χ1n) is 6.02. The Morgan fingerprint density at radius 2 is 1.72 bits per heavy atom. The molecule has 0 heterocycles. The molecule has 0 spiro atoms. The smallest absolute Gasteiger partial charge is 0.323 e. The number of aliphatic hydroxyl groups excluding tert-OH is 1. The lowest BCUT2D eigenvalue weighted by Crippen LogP contribution is -2.44. The fourth-order valence-electron chi connectivity index (χ4n) is 1.33. The van der Waals surface area contributed by atoms with E-state index in [9.17, 15) is 14.7 Å². The molecule has 4 N–H and O–H groups in total. The molecule has 0 bridgehead atoms. The van der Waals surface area contributed by atoms with E-state index in [0.717, 1.165) is 0 Å². The molecule has 0 rings (SSSR count). The molecule has 6 heteroatoms. The minimum absolute atomic E-state index is 0.0738. The summed E-state index contributed by atoms with van der Waals surface area (Å²) < 4.78 is 5.11. The molecular weight excluding hydrogens is 238 g/mol. The van der Waals surface area contributed by atoms with Crippen molar-refractivity contribution in [2.24, 2.45) is 17.6 Å². The van der Waals surface area contributed by atoms with Crippen LogP contribution in [-0.2, 0) is 14.3 Å². The zero-order valence-electron chi connectivity index (χ0n) is 11.3. The van der Waals surface area contributed by atoms with Crippen LogP contribution in [0.4, 0.5) is 0 Å². The van der Waals surface area contributed by atoms with Gasteiger partial charge in [0.1, 0.15) is 12.1 Å². The maximum atomic E-state index is 11.7. The number of hydrogen-bond acceptors (Lipinski definition) is 5. The van der Waals surface area contributed by atoms with E-state index in [1.807, 2.05) is 0 Å². The molecule has 106 valence electrons. The molecule has 0 aliphatic rings. The Bertz CT molecular complexity index is 292. The number of hydrogen-bond donors (Lipinski definition) is 3. The van der Waals surface area contributed by atoms with Gasteiger partial charge in [-0.2, -0.15) is 0 Å². The summed E-state index contributed by atoms with van der Waals surface area (Å²) in [5, 5.41) is 18.0. The van der Waals surface area contributed by atoms with Gasteiger partial charge < -0.3 is 20.7 Å². The minimum Gasteiger partial charge on any atom is -0.481 e. The number of aliphatic carboxylic acids is 1. The monoisotopic (exact) mass is 261 g/mol. The number of carboxylic acid groups (broad SMARTS) is 1. The highest BCUT2D eigenvalue weighted by Gasteiger charge is 2.28. The molecule has 0 amide bonds. The second kappa shape index (κ2) is 7.33. The van der Waals surface area contributed by atoms with Gasteiger partial charge in [0.15, 0.2) is 0 Å². The van der Waals surface area contributed by atoms with Crippen LogP contribution in [0.2, 0.25) is 0 Å². The topological polar surface area (TPSA) is 110 Å². The van der Waals surface area contributed by atoms with Crippen molar-refractivity contribution in [3.05, 3.63) is 0 Å². The highest BCUT2D eigenvalue weighted by Crippen LogP contribution is 2.14. The molecule has 3 unspecified atom stereocenters. The molecule has 0 aromatic heterocycles. The van der Waals surface area contributed by atoms with Crippen molar-refractivity contribution in [1.29, 1.82) is 0 Å². The van der Waals surface area contributed by atoms with Crippen LogP contribution < -0.4 is 5.73 Å². The van der Waals surface area contributed by atoms with Crippen LogP contribution in [0, 0.1) is 11.8 Å². The Balaban J connectivity index is 4.34. The fourth-order valence-corrected chi connectivity index (χ4v) is 1.33. The third kappa shape index (κ3) is 5.46. The van der Waals surface area contributed by atoms with Crippen LogP contribution in [0.1, 0.15) is 34.1 Å². The Labute approximate surface area is 107 Å². The third-order valence-corrected chi connectivity index (χ3v) is 3.20. The van der Waals surface area contributed by atoms with Gasteiger partial charge in [0.05, 0.1) is 12.5 Å². The van der Waals surface area contributed by atoms with Crippen LogP contribution >= 0.6 is 0 Å². The van der Waals surface area contributed by atoms with Crippen molar-refractivity contribution in [2.45, 2.75) is 52.4 Å². The third-order valence-electron chi connectivity index (χ3n) is 3.20. The summed E-state index contributed by atoms with van der Waals surface area (Å²) in [4.78, 5) is 22.2. The van der Waals surface area contributed by atoms with E-state index < -0.39 is 36.1 Å². The van der Waals surface area contributed by atoms with Crippen molar-refractivity contribution in [3.8, 4) is 0 Å². The van der Waals surface area contributed by atoms with E-state index >= 15 is 0 Å². The maximum Gasteiger partial charge on any atom is 0.323 e. The van der Waals surface area contributed by atoms with E-state index in [1.54, 1.807) is 27.7 Å². The summed E-state index contributed by atoms with van der Waals surface area (Å²) in [5.74, 6) is -2.26. The first kappa shape index (κ1) is 16.9. The van der Waals surface area contributed by atoms with Gasteiger partial charge in [-0.1, -0.05) is 13.8 Å². The summed E-state index contributed by atoms with van der Waals surface area (Å²) in [6.45, 7) is 6.52. The Morgan fingerprint density at radius 3 is 2.11 bits per heavy atom. The Morgan fingerprint density at radius 1 is 1.22 bits per heavy atom. The molecular formula is C12H23NO5. The molecule has 0 aromatic rings. The average Bonchev–Trinajstić information content (AvgIpc) is 2.25. The largest absolute Gasteiger partial charge is 0.481 e. The maximum absolute atomic E-state index is 11.7. The highest BCUT2D eigenvalue weighted by molar-refractivity contribution is 5.76. The van der Waals surface area contributed by atoms with Crippen LogP contribution in [0.25, 0.3) is 0 Å². The second-order valence-corrected chi connectivity index (χ2v) is 4.84. The number of carboxylic acids is 1. The summed E-state index contributed by atoms with van der Waals surface area (Å²) in [5.41, 5.74) is 5.66. The molecule has 0 saturated carbocycles. The summed E-state index contributed by atoms with van der Waals surface area (Å²) in [6.07, 6.45) is -1.31. The molecule has 0 radical (unpaired) electrons. The lowest BCUT2D eigenvalue weighted by atomic mass is 9.97. The zero-order chi connectivity index (χ0) is 14.5. The molecule has 6 nitrogen and oxygen atoms in total. The fraction of sp³-hybridized carbons (Fsp3) is 0.833. The molecule has 5 atom stereocenters. The van der Waals surface area contributed by atoms with Gasteiger partial charge in [-0.05, 0) is 13.8 Å². The molecule has 0 aromatic carbocycles. The SMILES string of the molecule is CC(CC(=O)O)C(C)OC(=O)[C@@H](N)[C@@H](C)C(C)O. The predicted molar refractivity (Wildman–Crippen MR) is 65.8 cm³/mol. The van der Waals surface area contributed by atoms with Crippen LogP contribution in [0.3, 0.4) is 0 Å². The minimum atomic E-state index is -0.938. The zero-order valence-corrected chi connectivity index (χ0v) is 11.3. The summed E-state index contributed by atoms with van der Waals surface area (Å²) in [7, 11) is 0. The van der Waals surface area contributed by atoms with Crippen molar-refractivity contribution in [2.75, 3.05) is 0 Å². The van der Waals surface area contributed by atoms with Gasteiger partial charge in [0.2, 0.25) is 0 Å². The van der Waals surface area contributed by atoms with Gasteiger partial charge in [-0.3, -0.25) is 9.59 Å². The van der Waals surface area contributed by atoms with E-state index in [4.69, 9.17) is 15.6 Å². The van der Waals surface area contributed by atoms with Crippen molar-refractivity contribution in [1.82, 2.24) is 0 Å². The van der Waals surface area contributed by atoms with E-state index in [-0.39, 0.29) is 12.3 Å². The first-order valence-corrected chi connectivity index (χ1v) is 6.02. The quantitative estimate of drug-likeness (QED) is 0.571. The average molecular weight is 261 g/mol. The summed E-state index contributed by atoms with van der Waals surface area (Å²) in [6, 6.07) is -0.913. The normalized spacial score (nSPS) is 19.4. The standard InChI is InChI=1S/C12H23NO5/c1-6(5-10(15)16)9(4)18-12(17)11(13)7(2)8(3)14/h6-9,11,14H,5,13H2,1-4H3,(H,15,16)/t6?,7-,8?,9?,11-/m0/s1. The van der Waals surface area contributed by atoms with Crippen LogP contribution in [0.5, 0.6) is 0 Å².